The molecule has 122 valence electrons. The van der Waals surface area contributed by atoms with Crippen LogP contribution in [0.1, 0.15) is 30.6 Å². The monoisotopic (exact) mass is 339 g/mol. The lowest BCUT2D eigenvalue weighted by molar-refractivity contribution is -0.116. The van der Waals surface area contributed by atoms with Crippen molar-refractivity contribution in [2.24, 2.45) is 5.92 Å². The van der Waals surface area contributed by atoms with Gasteiger partial charge in [0.15, 0.2) is 5.78 Å². The fraction of sp³-hybridized carbons (Fsp3) is 0.250. The maximum absolute atomic E-state index is 13.3. The molecular formula is C20H18FNOS. The Kier molecular flexibility index (Phi) is 3.93. The molecule has 1 heterocycles. The van der Waals surface area contributed by atoms with Crippen molar-refractivity contribution >= 4 is 23.2 Å². The van der Waals surface area contributed by atoms with Crippen molar-refractivity contribution in [2.75, 3.05) is 5.32 Å². The Morgan fingerprint density at radius 1 is 1.08 bits per heavy atom. The van der Waals surface area contributed by atoms with Gasteiger partial charge in [-0.2, -0.15) is 0 Å². The summed E-state index contributed by atoms with van der Waals surface area (Å²) in [5.41, 5.74) is 3.88. The molecule has 1 aliphatic carbocycles. The molecule has 0 saturated carbocycles. The fourth-order valence-electron chi connectivity index (χ4n) is 3.44. The van der Waals surface area contributed by atoms with Gasteiger partial charge in [0.2, 0.25) is 0 Å². The summed E-state index contributed by atoms with van der Waals surface area (Å²) < 4.78 is 13.3. The highest BCUT2D eigenvalue weighted by atomic mass is 32.2. The third kappa shape index (κ3) is 2.75. The molecule has 24 heavy (non-hydrogen) atoms. The van der Waals surface area contributed by atoms with Gasteiger partial charge in [-0.15, -0.1) is 11.8 Å². The van der Waals surface area contributed by atoms with Gasteiger partial charge in [-0.05, 0) is 42.2 Å². The minimum absolute atomic E-state index is 0.100. The Bertz CT molecular complexity index is 828. The number of nitrogens with one attached hydrogen (secondary N) is 1. The standard InChI is InChI=1S/C20H18FNOS/c1-12-10-16-19(17(23)11-12)20(13-6-8-14(21)9-7-13)24-18-5-3-2-4-15(18)22-16/h2-9,12,20,22H,10-11H2,1H3/t12-,20+/m0/s1. The van der Waals surface area contributed by atoms with Gasteiger partial charge in [0.25, 0.3) is 0 Å². The minimum atomic E-state index is -0.256. The van der Waals surface area contributed by atoms with Crippen LogP contribution < -0.4 is 5.32 Å². The van der Waals surface area contributed by atoms with Crippen LogP contribution in [0.2, 0.25) is 0 Å². The summed E-state index contributed by atoms with van der Waals surface area (Å²) in [6, 6.07) is 14.6. The molecule has 0 fully saturated rings. The largest absolute Gasteiger partial charge is 0.358 e. The van der Waals surface area contributed by atoms with Crippen LogP contribution in [0.25, 0.3) is 0 Å². The number of carbonyl (C=O) groups is 1. The average Bonchev–Trinajstić information content (AvgIpc) is 2.72. The number of para-hydroxylation sites is 1. The molecule has 1 N–H and O–H groups in total. The number of Topliss-reactive ketones (excluding diaryl/α,β-unsaturated/α-hetero) is 1. The van der Waals surface area contributed by atoms with Crippen LogP contribution in [-0.2, 0) is 4.79 Å². The minimum Gasteiger partial charge on any atom is -0.358 e. The lowest BCUT2D eigenvalue weighted by Gasteiger charge is -2.27. The predicted molar refractivity (Wildman–Crippen MR) is 95.5 cm³/mol. The maximum Gasteiger partial charge on any atom is 0.162 e. The number of halogens is 1. The molecular weight excluding hydrogens is 321 g/mol. The zero-order valence-electron chi connectivity index (χ0n) is 13.4. The van der Waals surface area contributed by atoms with Gasteiger partial charge in [-0.25, -0.2) is 4.39 Å². The smallest absolute Gasteiger partial charge is 0.162 e. The Morgan fingerprint density at radius 3 is 2.62 bits per heavy atom. The lowest BCUT2D eigenvalue weighted by Crippen LogP contribution is -2.23. The topological polar surface area (TPSA) is 29.1 Å². The normalized spacial score (nSPS) is 23.2. The Hall–Kier alpha value is -2.07. The second kappa shape index (κ2) is 6.10. The zero-order valence-corrected chi connectivity index (χ0v) is 14.2. The lowest BCUT2D eigenvalue weighted by atomic mass is 9.84. The van der Waals surface area contributed by atoms with E-state index in [-0.39, 0.29) is 16.9 Å². The van der Waals surface area contributed by atoms with Crippen LogP contribution in [-0.4, -0.2) is 5.78 Å². The van der Waals surface area contributed by atoms with Crippen molar-refractivity contribution in [1.82, 2.24) is 0 Å². The number of hydrogen-bond donors (Lipinski definition) is 1. The SMILES string of the molecule is C[C@@H]1CC(=O)C2=C(C1)Nc1ccccc1S[C@@H]2c1ccc(F)cc1. The van der Waals surface area contributed by atoms with Crippen LogP contribution in [0.4, 0.5) is 10.1 Å². The van der Waals surface area contributed by atoms with Crippen molar-refractivity contribution in [3.05, 3.63) is 71.2 Å². The van der Waals surface area contributed by atoms with Crippen LogP contribution in [0.3, 0.4) is 0 Å². The van der Waals surface area contributed by atoms with Crippen molar-refractivity contribution < 1.29 is 9.18 Å². The first kappa shape index (κ1) is 15.5. The number of allylic oxidation sites excluding steroid dienone is 1. The average molecular weight is 339 g/mol. The Balaban J connectivity index is 1.87. The maximum atomic E-state index is 13.3. The Morgan fingerprint density at radius 2 is 1.83 bits per heavy atom. The summed E-state index contributed by atoms with van der Waals surface area (Å²) >= 11 is 1.66. The van der Waals surface area contributed by atoms with Crippen LogP contribution >= 0.6 is 11.8 Å². The zero-order chi connectivity index (χ0) is 16.7. The van der Waals surface area contributed by atoms with Crippen molar-refractivity contribution in [2.45, 2.75) is 29.9 Å². The summed E-state index contributed by atoms with van der Waals surface area (Å²) in [5.74, 6) is 0.285. The second-order valence-electron chi connectivity index (χ2n) is 6.50. The van der Waals surface area contributed by atoms with Crippen LogP contribution in [0, 0.1) is 11.7 Å². The summed E-state index contributed by atoms with van der Waals surface area (Å²) in [6.45, 7) is 2.11. The molecule has 0 saturated heterocycles. The first-order valence-electron chi connectivity index (χ1n) is 8.16. The van der Waals surface area contributed by atoms with Crippen LogP contribution in [0.5, 0.6) is 0 Å². The quantitative estimate of drug-likeness (QED) is 0.760. The number of carbonyl (C=O) groups excluding carboxylic acids is 1. The first-order valence-corrected chi connectivity index (χ1v) is 9.04. The molecule has 2 aliphatic rings. The third-order valence-electron chi connectivity index (χ3n) is 4.56. The van der Waals surface area contributed by atoms with Crippen molar-refractivity contribution in [1.29, 1.82) is 0 Å². The summed E-state index contributed by atoms with van der Waals surface area (Å²) in [7, 11) is 0. The highest BCUT2D eigenvalue weighted by molar-refractivity contribution is 8.00. The molecule has 2 aromatic carbocycles. The van der Waals surface area contributed by atoms with E-state index in [1.807, 2.05) is 18.2 Å². The molecule has 0 bridgehead atoms. The molecule has 0 unspecified atom stereocenters. The fourth-order valence-corrected chi connectivity index (χ4v) is 4.78. The van der Waals surface area contributed by atoms with Gasteiger partial charge < -0.3 is 5.32 Å². The molecule has 0 amide bonds. The van der Waals surface area contributed by atoms with Gasteiger partial charge in [-0.1, -0.05) is 31.2 Å². The highest BCUT2D eigenvalue weighted by Gasteiger charge is 2.34. The van der Waals surface area contributed by atoms with E-state index in [0.29, 0.717) is 12.3 Å². The first-order chi connectivity index (χ1) is 11.6. The number of hydrogen-bond acceptors (Lipinski definition) is 3. The van der Waals surface area contributed by atoms with E-state index in [0.717, 1.165) is 33.8 Å². The number of fused-ring (bicyclic) bond motifs is 1. The van der Waals surface area contributed by atoms with E-state index >= 15 is 0 Å². The molecule has 0 aromatic heterocycles. The number of thioether (sulfide) groups is 1. The molecule has 4 heteroatoms. The molecule has 0 radical (unpaired) electrons. The summed E-state index contributed by atoms with van der Waals surface area (Å²) in [4.78, 5) is 13.9. The van der Waals surface area contributed by atoms with E-state index in [2.05, 4.69) is 18.3 Å². The van der Waals surface area contributed by atoms with Gasteiger partial charge in [0, 0.05) is 22.6 Å². The van der Waals surface area contributed by atoms with Crippen LogP contribution in [0.15, 0.2) is 64.7 Å². The summed E-state index contributed by atoms with van der Waals surface area (Å²) in [5, 5.41) is 3.40. The third-order valence-corrected chi connectivity index (χ3v) is 5.92. The van der Waals surface area contributed by atoms with Crippen molar-refractivity contribution in [3.63, 3.8) is 0 Å². The molecule has 1 aliphatic heterocycles. The van der Waals surface area contributed by atoms with E-state index in [4.69, 9.17) is 0 Å². The molecule has 4 rings (SSSR count). The number of ketones is 1. The number of benzene rings is 2. The summed E-state index contributed by atoms with van der Waals surface area (Å²) in [6.07, 6.45) is 1.45. The van der Waals surface area contributed by atoms with E-state index in [1.54, 1.807) is 23.9 Å². The van der Waals surface area contributed by atoms with Crippen molar-refractivity contribution in [3.8, 4) is 0 Å². The molecule has 2 nitrogen and oxygen atoms in total. The van der Waals surface area contributed by atoms with E-state index in [9.17, 15) is 9.18 Å². The predicted octanol–water partition coefficient (Wildman–Crippen LogP) is 5.34. The molecule has 2 aromatic rings. The van der Waals surface area contributed by atoms with E-state index < -0.39 is 0 Å². The van der Waals surface area contributed by atoms with Gasteiger partial charge in [0.1, 0.15) is 5.82 Å². The number of rotatable bonds is 1. The van der Waals surface area contributed by atoms with Gasteiger partial charge in [0.05, 0.1) is 10.9 Å². The Labute approximate surface area is 145 Å². The second-order valence-corrected chi connectivity index (χ2v) is 7.65. The molecule has 2 atom stereocenters. The van der Waals surface area contributed by atoms with Gasteiger partial charge >= 0.3 is 0 Å². The van der Waals surface area contributed by atoms with Gasteiger partial charge in [-0.3, -0.25) is 4.79 Å². The van der Waals surface area contributed by atoms with E-state index in [1.165, 1.54) is 12.1 Å². The highest BCUT2D eigenvalue weighted by Crippen LogP contribution is 2.49. The number of anilines is 1. The molecule has 0 spiro atoms.